The van der Waals surface area contributed by atoms with E-state index in [1.165, 1.54) is 18.2 Å². The first kappa shape index (κ1) is 16.4. The summed E-state index contributed by atoms with van der Waals surface area (Å²) in [6.45, 7) is 3.45. The first-order valence-corrected chi connectivity index (χ1v) is 4.67. The summed E-state index contributed by atoms with van der Waals surface area (Å²) >= 11 is 0. The first-order chi connectivity index (χ1) is 6.02. The predicted octanol–water partition coefficient (Wildman–Crippen LogP) is -3.06. The van der Waals surface area contributed by atoms with Gasteiger partial charge in [0.15, 0.2) is 0 Å². The Hall–Kier alpha value is -0.0800. The second kappa shape index (κ2) is 7.24. The van der Waals surface area contributed by atoms with E-state index < -0.39 is 10.1 Å². The summed E-state index contributed by atoms with van der Waals surface area (Å²) in [7, 11) is -4.10. The molecule has 1 aromatic carbocycles. The SMILES string of the molecule is NN.[CH2-]c1ccccc1S(=O)(=O)O.[Na+]. The zero-order valence-corrected chi connectivity index (χ0v) is 10.7. The number of hydrogen-bond donors (Lipinski definition) is 3. The van der Waals surface area contributed by atoms with Gasteiger partial charge in [-0.05, 0) is 4.90 Å². The summed E-state index contributed by atoms with van der Waals surface area (Å²) in [6, 6.07) is 6.00. The van der Waals surface area contributed by atoms with E-state index in [1.54, 1.807) is 6.07 Å². The van der Waals surface area contributed by atoms with E-state index in [0.717, 1.165) is 0 Å². The molecule has 0 heterocycles. The van der Waals surface area contributed by atoms with Crippen LogP contribution in [-0.2, 0) is 10.1 Å². The van der Waals surface area contributed by atoms with Crippen LogP contribution in [0.3, 0.4) is 0 Å². The van der Waals surface area contributed by atoms with Gasteiger partial charge in [0.05, 0.1) is 0 Å². The van der Waals surface area contributed by atoms with Crippen molar-refractivity contribution in [3.63, 3.8) is 0 Å². The third kappa shape index (κ3) is 4.97. The van der Waals surface area contributed by atoms with Crippen molar-refractivity contribution >= 4 is 10.1 Å². The molecule has 0 atom stereocenters. The van der Waals surface area contributed by atoms with Gasteiger partial charge in [0.1, 0.15) is 0 Å². The molecule has 0 bridgehead atoms. The van der Waals surface area contributed by atoms with Crippen LogP contribution in [0.25, 0.3) is 0 Å². The van der Waals surface area contributed by atoms with E-state index >= 15 is 0 Å². The number of hydrogen-bond acceptors (Lipinski definition) is 4. The quantitative estimate of drug-likeness (QED) is 0.155. The van der Waals surface area contributed by atoms with Gasteiger partial charge in [-0.3, -0.25) is 16.2 Å². The molecule has 0 aliphatic heterocycles. The van der Waals surface area contributed by atoms with Gasteiger partial charge in [-0.25, -0.2) is 8.42 Å². The zero-order chi connectivity index (χ0) is 10.5. The molecule has 0 fully saturated rings. The van der Waals surface area contributed by atoms with Gasteiger partial charge >= 0.3 is 29.6 Å². The topological polar surface area (TPSA) is 106 Å². The van der Waals surface area contributed by atoms with Gasteiger partial charge in [-0.2, -0.15) is 18.6 Å². The maximum Gasteiger partial charge on any atom is 1.00 e. The first-order valence-electron chi connectivity index (χ1n) is 3.23. The molecular weight excluding hydrogens is 215 g/mol. The molecule has 1 aromatic rings. The molecule has 0 saturated carbocycles. The molecule has 7 heteroatoms. The Labute approximate surface area is 105 Å². The van der Waals surface area contributed by atoms with Crippen molar-refractivity contribution in [3.05, 3.63) is 36.8 Å². The average molecular weight is 226 g/mol. The van der Waals surface area contributed by atoms with Gasteiger partial charge in [0.25, 0.3) is 0 Å². The Morgan fingerprint density at radius 3 is 1.93 bits per heavy atom. The Balaban J connectivity index is 0. The van der Waals surface area contributed by atoms with E-state index in [4.69, 9.17) is 4.55 Å². The fraction of sp³-hybridized carbons (Fsp3) is 0. The maximum atomic E-state index is 10.6. The molecule has 0 aromatic heterocycles. The van der Waals surface area contributed by atoms with Crippen molar-refractivity contribution in [2.75, 3.05) is 0 Å². The fourth-order valence-corrected chi connectivity index (χ4v) is 1.41. The molecular formula is C7H11N2NaO3S. The molecule has 1 rings (SSSR count). The van der Waals surface area contributed by atoms with E-state index in [2.05, 4.69) is 18.6 Å². The van der Waals surface area contributed by atoms with Crippen LogP contribution in [0, 0.1) is 6.92 Å². The van der Waals surface area contributed by atoms with Crippen molar-refractivity contribution in [3.8, 4) is 0 Å². The van der Waals surface area contributed by atoms with Crippen LogP contribution >= 0.6 is 0 Å². The molecule has 5 N–H and O–H groups in total. The molecule has 0 radical (unpaired) electrons. The molecule has 5 nitrogen and oxygen atoms in total. The Kier molecular flexibility index (Phi) is 8.46. The molecule has 0 aliphatic carbocycles. The molecule has 74 valence electrons. The van der Waals surface area contributed by atoms with Crippen molar-refractivity contribution in [2.24, 2.45) is 11.7 Å². The van der Waals surface area contributed by atoms with Gasteiger partial charge in [0, 0.05) is 0 Å². The van der Waals surface area contributed by atoms with E-state index in [-0.39, 0.29) is 34.5 Å². The Morgan fingerprint density at radius 1 is 1.21 bits per heavy atom. The number of benzene rings is 1. The summed E-state index contributed by atoms with van der Waals surface area (Å²) in [5.41, 5.74) is 0.301. The number of hydrazine groups is 1. The van der Waals surface area contributed by atoms with E-state index in [1.807, 2.05) is 0 Å². The third-order valence-corrected chi connectivity index (χ3v) is 2.20. The van der Waals surface area contributed by atoms with Crippen LogP contribution in [0.2, 0.25) is 0 Å². The monoisotopic (exact) mass is 226 g/mol. The average Bonchev–Trinajstić information content (AvgIpc) is 2.07. The van der Waals surface area contributed by atoms with Crippen molar-refractivity contribution in [1.82, 2.24) is 0 Å². The summed E-state index contributed by atoms with van der Waals surface area (Å²) < 4.78 is 29.7. The van der Waals surface area contributed by atoms with Crippen LogP contribution in [0.5, 0.6) is 0 Å². The van der Waals surface area contributed by atoms with Gasteiger partial charge < -0.3 is 0 Å². The standard InChI is InChI=1S/C7H7O3S.H4N2.Na/c1-6-4-2-3-5-7(6)11(8,9)10;1-2;/h2-5H,1H2,(H,8,9,10);1-2H2;/q-1;;+1. The molecule has 14 heavy (non-hydrogen) atoms. The largest absolute Gasteiger partial charge is 1.00 e. The van der Waals surface area contributed by atoms with Crippen LogP contribution in [0.1, 0.15) is 5.56 Å². The fourth-order valence-electron chi connectivity index (χ4n) is 0.755. The molecule has 0 spiro atoms. The Bertz CT molecular complexity index is 367. The summed E-state index contributed by atoms with van der Waals surface area (Å²) in [4.78, 5) is -0.139. The molecule has 0 amide bonds. The van der Waals surface area contributed by atoms with Crippen LogP contribution in [0.15, 0.2) is 29.2 Å². The maximum absolute atomic E-state index is 10.6. The summed E-state index contributed by atoms with van der Waals surface area (Å²) in [5, 5.41) is 0. The number of nitrogens with two attached hydrogens (primary N) is 2. The summed E-state index contributed by atoms with van der Waals surface area (Å²) in [6.07, 6.45) is 0. The minimum atomic E-state index is -4.10. The second-order valence-corrected chi connectivity index (χ2v) is 3.47. The van der Waals surface area contributed by atoms with Crippen LogP contribution < -0.4 is 41.2 Å². The van der Waals surface area contributed by atoms with Gasteiger partial charge in [-0.1, -0.05) is 12.1 Å². The molecule has 0 unspecified atom stereocenters. The minimum Gasteiger partial charge on any atom is -0.291 e. The van der Waals surface area contributed by atoms with Crippen LogP contribution in [0.4, 0.5) is 0 Å². The second-order valence-electron chi connectivity index (χ2n) is 2.08. The molecule has 0 saturated heterocycles. The number of rotatable bonds is 1. The smallest absolute Gasteiger partial charge is 0.291 e. The van der Waals surface area contributed by atoms with Gasteiger partial charge in [-0.15, -0.1) is 6.07 Å². The van der Waals surface area contributed by atoms with Crippen molar-refractivity contribution in [2.45, 2.75) is 4.90 Å². The third-order valence-electron chi connectivity index (χ3n) is 1.25. The van der Waals surface area contributed by atoms with E-state index in [0.29, 0.717) is 5.56 Å². The van der Waals surface area contributed by atoms with Gasteiger partial charge in [0.2, 0.25) is 10.1 Å². The Morgan fingerprint density at radius 2 is 1.64 bits per heavy atom. The zero-order valence-electron chi connectivity index (χ0n) is 7.84. The minimum absolute atomic E-state index is 0. The van der Waals surface area contributed by atoms with Crippen LogP contribution in [-0.4, -0.2) is 13.0 Å². The van der Waals surface area contributed by atoms with Crippen molar-refractivity contribution in [1.29, 1.82) is 0 Å². The van der Waals surface area contributed by atoms with Crippen molar-refractivity contribution < 1.29 is 42.5 Å². The van der Waals surface area contributed by atoms with E-state index in [9.17, 15) is 8.42 Å². The summed E-state index contributed by atoms with van der Waals surface area (Å²) in [5.74, 6) is 8.00. The molecule has 0 aliphatic rings. The normalized spacial score (nSPS) is 9.36. The predicted molar refractivity (Wildman–Crippen MR) is 49.1 cm³/mol.